The van der Waals surface area contributed by atoms with Crippen LogP contribution in [0.25, 0.3) is 10.9 Å². The number of nitrogens with one attached hydrogen (secondary N) is 1. The van der Waals surface area contributed by atoms with E-state index in [1.54, 1.807) is 24.3 Å². The third kappa shape index (κ3) is 4.97. The fraction of sp³-hybridized carbons (Fsp3) is 0.296. The molecule has 2 heterocycles. The molecule has 1 aromatic heterocycles. The Bertz CT molecular complexity index is 1410. The standard InChI is InChI=1S/C27H27BrN2O5Si/c1-34-26(32)17-8-6-16(7-9-17)25-24-20(19-14-18(28)10-11-21(19)29-24)15-22(27(33)35-2)30(25)23(31)12-13-36(3,4)5/h6-11,14,22,25,29H,15H2,1-5H3/t22-,25+/m1/s1. The van der Waals surface area contributed by atoms with Crippen LogP contribution in [0.3, 0.4) is 0 Å². The molecule has 0 unspecified atom stereocenters. The maximum Gasteiger partial charge on any atom is 0.337 e. The summed E-state index contributed by atoms with van der Waals surface area (Å²) in [7, 11) is 0.784. The molecule has 36 heavy (non-hydrogen) atoms. The predicted molar refractivity (Wildman–Crippen MR) is 143 cm³/mol. The van der Waals surface area contributed by atoms with Gasteiger partial charge in [0.1, 0.15) is 14.1 Å². The minimum Gasteiger partial charge on any atom is -0.467 e. The number of H-pyrrole nitrogens is 1. The molecule has 1 aliphatic heterocycles. The van der Waals surface area contributed by atoms with Crippen molar-refractivity contribution in [3.05, 3.63) is 69.3 Å². The molecule has 4 rings (SSSR count). The number of ether oxygens (including phenoxy) is 2. The fourth-order valence-corrected chi connectivity index (χ4v) is 5.29. The lowest BCUT2D eigenvalue weighted by atomic mass is 9.87. The van der Waals surface area contributed by atoms with E-state index in [0.717, 1.165) is 32.2 Å². The van der Waals surface area contributed by atoms with E-state index < -0.39 is 38.0 Å². The number of aromatic amines is 1. The highest BCUT2D eigenvalue weighted by Crippen LogP contribution is 2.41. The SMILES string of the molecule is COC(=O)c1ccc([C@H]2c3[nH]c4ccc(Br)cc4c3C[C@H](C(=O)OC)N2C(=O)C#C[Si](C)(C)C)cc1. The molecule has 0 fully saturated rings. The molecule has 0 aliphatic carbocycles. The molecule has 2 aromatic carbocycles. The summed E-state index contributed by atoms with van der Waals surface area (Å²) in [5, 5.41) is 0.963. The van der Waals surface area contributed by atoms with Crippen molar-refractivity contribution in [3.63, 3.8) is 0 Å². The van der Waals surface area contributed by atoms with Gasteiger partial charge in [0.25, 0.3) is 5.91 Å². The lowest BCUT2D eigenvalue weighted by Gasteiger charge is -2.40. The molecule has 1 amide bonds. The van der Waals surface area contributed by atoms with Gasteiger partial charge in [-0.25, -0.2) is 9.59 Å². The third-order valence-electron chi connectivity index (χ3n) is 6.09. The van der Waals surface area contributed by atoms with Crippen LogP contribution in [0.5, 0.6) is 0 Å². The molecule has 0 spiro atoms. The highest BCUT2D eigenvalue weighted by atomic mass is 79.9. The minimum absolute atomic E-state index is 0.287. The third-order valence-corrected chi connectivity index (χ3v) is 7.45. The van der Waals surface area contributed by atoms with E-state index in [1.165, 1.54) is 19.1 Å². The molecule has 186 valence electrons. The van der Waals surface area contributed by atoms with E-state index in [4.69, 9.17) is 9.47 Å². The van der Waals surface area contributed by atoms with Crippen molar-refractivity contribution in [2.45, 2.75) is 38.1 Å². The minimum atomic E-state index is -1.86. The Hall–Kier alpha value is -3.35. The monoisotopic (exact) mass is 566 g/mol. The van der Waals surface area contributed by atoms with E-state index >= 15 is 0 Å². The molecule has 3 aromatic rings. The average Bonchev–Trinajstić information content (AvgIpc) is 3.22. The zero-order chi connectivity index (χ0) is 26.2. The molecule has 1 aliphatic rings. The first-order valence-electron chi connectivity index (χ1n) is 11.5. The fourth-order valence-electron chi connectivity index (χ4n) is 4.45. The molecule has 1 N–H and O–H groups in total. The van der Waals surface area contributed by atoms with Gasteiger partial charge in [0.05, 0.1) is 25.8 Å². The van der Waals surface area contributed by atoms with Crippen LogP contribution in [0, 0.1) is 11.5 Å². The van der Waals surface area contributed by atoms with Crippen LogP contribution in [-0.2, 0) is 25.5 Å². The van der Waals surface area contributed by atoms with Crippen molar-refractivity contribution in [2.75, 3.05) is 14.2 Å². The predicted octanol–water partition coefficient (Wildman–Crippen LogP) is 4.61. The van der Waals surface area contributed by atoms with E-state index in [9.17, 15) is 14.4 Å². The summed E-state index contributed by atoms with van der Waals surface area (Å²) in [5.74, 6) is 1.40. The summed E-state index contributed by atoms with van der Waals surface area (Å²) in [6.45, 7) is 6.16. The van der Waals surface area contributed by atoms with Gasteiger partial charge in [-0.15, -0.1) is 5.54 Å². The molecular weight excluding hydrogens is 540 g/mol. The number of carbonyl (C=O) groups excluding carboxylic acids is 3. The number of carbonyl (C=O) groups is 3. The number of methoxy groups -OCH3 is 2. The number of rotatable bonds is 3. The van der Waals surface area contributed by atoms with Crippen LogP contribution in [0.1, 0.15) is 33.2 Å². The second-order valence-electron chi connectivity index (χ2n) is 9.68. The number of nitrogens with zero attached hydrogens (tertiary/aromatic N) is 1. The molecule has 0 saturated carbocycles. The number of fused-ring (bicyclic) bond motifs is 3. The van der Waals surface area contributed by atoms with Crippen LogP contribution in [0.4, 0.5) is 0 Å². The van der Waals surface area contributed by atoms with Gasteiger partial charge < -0.3 is 19.4 Å². The summed E-state index contributed by atoms with van der Waals surface area (Å²) >= 11 is 3.54. The van der Waals surface area contributed by atoms with Crippen LogP contribution in [0.15, 0.2) is 46.9 Å². The quantitative estimate of drug-likeness (QED) is 0.284. The van der Waals surface area contributed by atoms with Gasteiger partial charge in [-0.05, 0) is 47.4 Å². The van der Waals surface area contributed by atoms with E-state index in [-0.39, 0.29) is 6.42 Å². The van der Waals surface area contributed by atoms with Crippen molar-refractivity contribution >= 4 is 52.8 Å². The normalized spacial score (nSPS) is 17.1. The van der Waals surface area contributed by atoms with Gasteiger partial charge in [-0.1, -0.05) is 47.7 Å². The second kappa shape index (κ2) is 9.95. The Morgan fingerprint density at radius 2 is 1.75 bits per heavy atom. The van der Waals surface area contributed by atoms with Crippen LogP contribution >= 0.6 is 15.9 Å². The zero-order valence-corrected chi connectivity index (χ0v) is 23.4. The molecule has 0 saturated heterocycles. The summed E-state index contributed by atoms with van der Waals surface area (Å²) in [4.78, 5) is 43.7. The van der Waals surface area contributed by atoms with Gasteiger partial charge in [-0.2, -0.15) is 0 Å². The van der Waals surface area contributed by atoms with Gasteiger partial charge in [0.15, 0.2) is 0 Å². The maximum atomic E-state index is 13.6. The van der Waals surface area contributed by atoms with Crippen molar-refractivity contribution in [2.24, 2.45) is 0 Å². The molecule has 2 atom stereocenters. The first kappa shape index (κ1) is 25.7. The van der Waals surface area contributed by atoms with Gasteiger partial charge >= 0.3 is 11.9 Å². The van der Waals surface area contributed by atoms with Crippen LogP contribution < -0.4 is 0 Å². The number of esters is 2. The first-order valence-corrected chi connectivity index (χ1v) is 15.7. The molecule has 0 bridgehead atoms. The number of amides is 1. The average molecular weight is 568 g/mol. The Morgan fingerprint density at radius 3 is 2.36 bits per heavy atom. The molecule has 9 heteroatoms. The topological polar surface area (TPSA) is 88.7 Å². The molecule has 7 nitrogen and oxygen atoms in total. The van der Waals surface area contributed by atoms with Gasteiger partial charge in [0, 0.05) is 27.5 Å². The van der Waals surface area contributed by atoms with Gasteiger partial charge in [-0.3, -0.25) is 4.79 Å². The van der Waals surface area contributed by atoms with Crippen molar-refractivity contribution in [1.82, 2.24) is 9.88 Å². The summed E-state index contributed by atoms with van der Waals surface area (Å²) < 4.78 is 10.9. The lowest BCUT2D eigenvalue weighted by molar-refractivity contribution is -0.153. The first-order chi connectivity index (χ1) is 17.0. The molecular formula is C27H27BrN2O5Si. The zero-order valence-electron chi connectivity index (χ0n) is 20.8. The number of benzene rings is 2. The Kier molecular flexibility index (Phi) is 7.11. The Morgan fingerprint density at radius 1 is 1.06 bits per heavy atom. The highest BCUT2D eigenvalue weighted by Gasteiger charge is 2.44. The molecule has 0 radical (unpaired) electrons. The maximum absolute atomic E-state index is 13.6. The summed E-state index contributed by atoms with van der Waals surface area (Å²) in [6.07, 6.45) is 0.287. The van der Waals surface area contributed by atoms with Crippen molar-refractivity contribution in [3.8, 4) is 11.5 Å². The van der Waals surface area contributed by atoms with E-state index in [0.29, 0.717) is 5.56 Å². The largest absolute Gasteiger partial charge is 0.467 e. The summed E-state index contributed by atoms with van der Waals surface area (Å²) in [5.41, 5.74) is 6.87. The van der Waals surface area contributed by atoms with Gasteiger partial charge in [0.2, 0.25) is 0 Å². The lowest BCUT2D eigenvalue weighted by Crippen LogP contribution is -2.51. The Labute approximate surface area is 219 Å². The Balaban J connectivity index is 1.95. The number of aromatic nitrogens is 1. The second-order valence-corrected chi connectivity index (χ2v) is 15.3. The number of hydrogen-bond donors (Lipinski definition) is 1. The van der Waals surface area contributed by atoms with Crippen LogP contribution in [0.2, 0.25) is 19.6 Å². The smallest absolute Gasteiger partial charge is 0.337 e. The number of hydrogen-bond acceptors (Lipinski definition) is 5. The van der Waals surface area contributed by atoms with Crippen molar-refractivity contribution in [1.29, 1.82) is 0 Å². The highest BCUT2D eigenvalue weighted by molar-refractivity contribution is 9.10. The van der Waals surface area contributed by atoms with E-state index in [2.05, 4.69) is 52.0 Å². The summed E-state index contributed by atoms with van der Waals surface area (Å²) in [6, 6.07) is 11.2. The number of halogens is 1. The van der Waals surface area contributed by atoms with Crippen LogP contribution in [-0.4, -0.2) is 56.1 Å². The van der Waals surface area contributed by atoms with E-state index in [1.807, 2.05) is 18.2 Å². The van der Waals surface area contributed by atoms with Crippen molar-refractivity contribution < 1.29 is 23.9 Å².